The van der Waals surface area contributed by atoms with E-state index in [1.807, 2.05) is 24.3 Å². The van der Waals surface area contributed by atoms with Crippen LogP contribution in [0.2, 0.25) is 0 Å². The van der Waals surface area contributed by atoms with Gasteiger partial charge in [0.1, 0.15) is 5.82 Å². The van der Waals surface area contributed by atoms with Crippen LogP contribution >= 0.6 is 11.3 Å². The molecule has 0 aliphatic carbocycles. The van der Waals surface area contributed by atoms with Gasteiger partial charge < -0.3 is 16.0 Å². The summed E-state index contributed by atoms with van der Waals surface area (Å²) in [5.41, 5.74) is 3.57. The summed E-state index contributed by atoms with van der Waals surface area (Å²) in [6.07, 6.45) is 3.99. The normalized spacial score (nSPS) is 14.3. The molecule has 0 spiro atoms. The lowest BCUT2D eigenvalue weighted by Gasteiger charge is -2.16. The molecule has 0 fully saturated rings. The molecule has 4 rings (SSSR count). The Bertz CT molecular complexity index is 1150. The Morgan fingerprint density at radius 1 is 1.30 bits per heavy atom. The summed E-state index contributed by atoms with van der Waals surface area (Å²) >= 11 is 1.72. The van der Waals surface area contributed by atoms with E-state index in [2.05, 4.69) is 40.0 Å². The lowest BCUT2D eigenvalue weighted by atomic mass is 10.1. The molecule has 0 bridgehead atoms. The van der Waals surface area contributed by atoms with Crippen LogP contribution in [0.15, 0.2) is 42.1 Å². The van der Waals surface area contributed by atoms with Gasteiger partial charge in [0, 0.05) is 46.4 Å². The number of rotatable bonds is 4. The molecule has 6 nitrogen and oxygen atoms in total. The van der Waals surface area contributed by atoms with Gasteiger partial charge in [0.2, 0.25) is 11.8 Å². The number of fused-ring (bicyclic) bond motifs is 2. The van der Waals surface area contributed by atoms with Gasteiger partial charge in [0.15, 0.2) is 0 Å². The molecule has 1 aliphatic heterocycles. The van der Waals surface area contributed by atoms with Crippen molar-refractivity contribution in [1.82, 2.24) is 15.6 Å². The minimum atomic E-state index is -0.106. The van der Waals surface area contributed by atoms with Gasteiger partial charge in [0.25, 0.3) is 0 Å². The van der Waals surface area contributed by atoms with Crippen molar-refractivity contribution in [1.29, 1.82) is 0 Å². The van der Waals surface area contributed by atoms with Gasteiger partial charge in [-0.3, -0.25) is 9.59 Å². The number of anilines is 1. The van der Waals surface area contributed by atoms with E-state index in [4.69, 9.17) is 0 Å². The van der Waals surface area contributed by atoms with E-state index in [0.717, 1.165) is 16.9 Å². The second-order valence-corrected chi connectivity index (χ2v) is 8.52. The fourth-order valence-corrected chi connectivity index (χ4v) is 4.64. The third-order valence-corrected chi connectivity index (χ3v) is 6.47. The average molecular weight is 421 g/mol. The molecule has 0 saturated carbocycles. The Balaban J connectivity index is 1.45. The quantitative estimate of drug-likeness (QED) is 0.561. The van der Waals surface area contributed by atoms with E-state index in [1.165, 1.54) is 20.5 Å². The highest BCUT2D eigenvalue weighted by Gasteiger charge is 2.13. The largest absolute Gasteiger partial charge is 0.369 e. The number of carbonyl (C=O) groups is 2. The van der Waals surface area contributed by atoms with Crippen LogP contribution in [0.25, 0.3) is 16.2 Å². The van der Waals surface area contributed by atoms with Gasteiger partial charge in [-0.1, -0.05) is 18.2 Å². The third kappa shape index (κ3) is 4.36. The molecule has 1 aliphatic rings. The number of nitrogens with zero attached hydrogens (tertiary/aromatic N) is 1. The van der Waals surface area contributed by atoms with Gasteiger partial charge in [-0.2, -0.15) is 0 Å². The molecule has 30 heavy (non-hydrogen) atoms. The summed E-state index contributed by atoms with van der Waals surface area (Å²) in [4.78, 5) is 29.9. The number of aromatic nitrogens is 1. The van der Waals surface area contributed by atoms with Gasteiger partial charge in [0.05, 0.1) is 6.54 Å². The predicted molar refractivity (Wildman–Crippen MR) is 121 cm³/mol. The van der Waals surface area contributed by atoms with Crippen LogP contribution in [0.4, 0.5) is 5.82 Å². The molecule has 3 N–H and O–H groups in total. The second kappa shape index (κ2) is 8.67. The van der Waals surface area contributed by atoms with Crippen LogP contribution in [0.5, 0.6) is 0 Å². The van der Waals surface area contributed by atoms with Crippen LogP contribution < -0.4 is 16.0 Å². The fourth-order valence-electron chi connectivity index (χ4n) is 3.49. The van der Waals surface area contributed by atoms with E-state index in [-0.39, 0.29) is 11.8 Å². The van der Waals surface area contributed by atoms with E-state index >= 15 is 0 Å². The molecule has 1 aromatic carbocycles. The van der Waals surface area contributed by atoms with Crippen molar-refractivity contribution in [3.05, 3.63) is 63.7 Å². The van der Waals surface area contributed by atoms with Crippen molar-refractivity contribution in [2.45, 2.75) is 33.4 Å². The maximum absolute atomic E-state index is 12.6. The fraction of sp³-hybridized carbons (Fsp3) is 0.261. The average Bonchev–Trinajstić information content (AvgIpc) is 3.06. The first-order chi connectivity index (χ1) is 14.5. The zero-order chi connectivity index (χ0) is 21.1. The highest BCUT2D eigenvalue weighted by atomic mass is 32.1. The molecule has 3 aromatic rings. The highest BCUT2D eigenvalue weighted by molar-refractivity contribution is 7.19. The number of pyridine rings is 1. The Morgan fingerprint density at radius 3 is 2.97 bits per heavy atom. The molecule has 2 aromatic heterocycles. The van der Waals surface area contributed by atoms with Gasteiger partial charge in [-0.05, 0) is 48.6 Å². The summed E-state index contributed by atoms with van der Waals surface area (Å²) in [5, 5.41) is 10.3. The van der Waals surface area contributed by atoms with Crippen molar-refractivity contribution in [3.8, 4) is 0 Å². The van der Waals surface area contributed by atoms with Crippen molar-refractivity contribution in [3.63, 3.8) is 0 Å². The van der Waals surface area contributed by atoms with Gasteiger partial charge >= 0.3 is 0 Å². The second-order valence-electron chi connectivity index (χ2n) is 7.39. The van der Waals surface area contributed by atoms with E-state index in [9.17, 15) is 9.59 Å². The number of hydrogen-bond acceptors (Lipinski definition) is 5. The summed E-state index contributed by atoms with van der Waals surface area (Å²) in [6.45, 7) is 5.38. The number of aryl methyl sites for hydroxylation is 1. The zero-order valence-electron chi connectivity index (χ0n) is 17.0. The monoisotopic (exact) mass is 420 g/mol. The molecule has 3 heterocycles. The lowest BCUT2D eigenvalue weighted by Crippen LogP contribution is -2.28. The first-order valence-corrected chi connectivity index (χ1v) is 10.8. The molecule has 0 saturated heterocycles. The van der Waals surface area contributed by atoms with Crippen LogP contribution in [-0.4, -0.2) is 23.3 Å². The first kappa shape index (κ1) is 20.1. The van der Waals surface area contributed by atoms with Crippen molar-refractivity contribution in [2.75, 3.05) is 11.9 Å². The minimum Gasteiger partial charge on any atom is -0.369 e. The number of carbonyl (C=O) groups excluding carboxylic acids is 2. The van der Waals surface area contributed by atoms with E-state index in [0.29, 0.717) is 31.6 Å². The van der Waals surface area contributed by atoms with Crippen LogP contribution in [0.3, 0.4) is 0 Å². The smallest absolute Gasteiger partial charge is 0.247 e. The number of benzene rings is 1. The summed E-state index contributed by atoms with van der Waals surface area (Å²) in [5.74, 6) is 0.681. The summed E-state index contributed by atoms with van der Waals surface area (Å²) in [6, 6.07) is 10.2. The minimum absolute atomic E-state index is 0.0150. The molecular weight excluding hydrogens is 396 g/mol. The molecule has 2 amide bonds. The van der Waals surface area contributed by atoms with Crippen LogP contribution in [-0.2, 0) is 22.7 Å². The Hall–Kier alpha value is -3.19. The SMILES string of the molecule is CC(=Cc1cnc2c(c1)CNC(=O)CCN2)C(=O)NCc1sc2ccccc2c1C. The highest BCUT2D eigenvalue weighted by Crippen LogP contribution is 2.30. The van der Waals surface area contributed by atoms with Crippen molar-refractivity contribution < 1.29 is 9.59 Å². The first-order valence-electron chi connectivity index (χ1n) is 9.94. The Morgan fingerprint density at radius 2 is 2.13 bits per heavy atom. The number of amides is 2. The summed E-state index contributed by atoms with van der Waals surface area (Å²) in [7, 11) is 0. The van der Waals surface area contributed by atoms with Gasteiger partial charge in [-0.25, -0.2) is 4.98 Å². The van der Waals surface area contributed by atoms with Gasteiger partial charge in [-0.15, -0.1) is 11.3 Å². The molecule has 0 radical (unpaired) electrons. The van der Waals surface area contributed by atoms with Crippen molar-refractivity contribution >= 4 is 45.1 Å². The van der Waals surface area contributed by atoms with Crippen LogP contribution in [0, 0.1) is 6.92 Å². The maximum Gasteiger partial charge on any atom is 0.247 e. The molecule has 7 heteroatoms. The third-order valence-electron chi connectivity index (χ3n) is 5.20. The number of hydrogen-bond donors (Lipinski definition) is 3. The van der Waals surface area contributed by atoms with Crippen molar-refractivity contribution in [2.24, 2.45) is 0 Å². The zero-order valence-corrected chi connectivity index (χ0v) is 17.9. The molecule has 0 atom stereocenters. The molecular formula is C23H24N4O2S. The number of nitrogens with one attached hydrogen (secondary N) is 3. The standard InChI is InChI=1S/C23H24N4O2S/c1-14(9-16-10-17-12-25-21(28)7-8-24-22(17)26-11-16)23(29)27-13-20-15(2)18-5-3-4-6-19(18)30-20/h3-6,9-11H,7-8,12-13H2,1-2H3,(H,24,26)(H,25,28)(H,27,29). The van der Waals surface area contributed by atoms with E-state index < -0.39 is 0 Å². The Labute approximate surface area is 179 Å². The topological polar surface area (TPSA) is 83.1 Å². The summed E-state index contributed by atoms with van der Waals surface area (Å²) < 4.78 is 1.24. The number of thiophene rings is 1. The van der Waals surface area contributed by atoms with E-state index in [1.54, 1.807) is 24.5 Å². The Kier molecular flexibility index (Phi) is 5.81. The predicted octanol–water partition coefficient (Wildman–Crippen LogP) is 3.76. The lowest BCUT2D eigenvalue weighted by molar-refractivity contribution is -0.121. The van der Waals surface area contributed by atoms with Crippen LogP contribution in [0.1, 0.15) is 34.9 Å². The molecule has 0 unspecified atom stereocenters. The maximum atomic E-state index is 12.6. The molecule has 154 valence electrons.